The predicted octanol–water partition coefficient (Wildman–Crippen LogP) is 6.45. The van der Waals surface area contributed by atoms with E-state index in [0.29, 0.717) is 17.1 Å². The number of unbranched alkanes of at least 4 members (excludes halogenated alkanes) is 5. The van der Waals surface area contributed by atoms with Crippen LogP contribution < -0.4 is 16.2 Å². The molecule has 38 heavy (non-hydrogen) atoms. The second-order valence-corrected chi connectivity index (χ2v) is 10.1. The van der Waals surface area contributed by atoms with Crippen molar-refractivity contribution >= 4 is 29.4 Å². The van der Waals surface area contributed by atoms with Crippen molar-refractivity contribution in [3.63, 3.8) is 0 Å². The molecule has 2 aromatic carbocycles. The first-order valence-electron chi connectivity index (χ1n) is 13.9. The van der Waals surface area contributed by atoms with E-state index in [1.54, 1.807) is 48.5 Å². The average molecular weight is 523 g/mol. The smallest absolute Gasteiger partial charge is 0.331 e. The Morgan fingerprint density at radius 2 is 1.55 bits per heavy atom. The normalized spacial score (nSPS) is 17.4. The van der Waals surface area contributed by atoms with Gasteiger partial charge in [0.1, 0.15) is 12.4 Å². The highest BCUT2D eigenvalue weighted by atomic mass is 16.5. The Balaban J connectivity index is 1.33. The van der Waals surface area contributed by atoms with Crippen molar-refractivity contribution in [1.82, 2.24) is 0 Å². The second-order valence-electron chi connectivity index (χ2n) is 10.1. The Bertz CT molecular complexity index is 1020. The molecule has 7 heteroatoms. The maximum atomic E-state index is 12.6. The minimum absolute atomic E-state index is 0.0838. The molecule has 7 nitrogen and oxygen atoms in total. The van der Waals surface area contributed by atoms with E-state index in [4.69, 9.17) is 25.7 Å². The molecule has 0 bridgehead atoms. The Labute approximate surface area is 226 Å². The van der Waals surface area contributed by atoms with Gasteiger partial charge in [0.05, 0.1) is 12.0 Å². The number of ether oxygens (including phenoxy) is 3. The lowest BCUT2D eigenvalue weighted by Crippen LogP contribution is -2.29. The van der Waals surface area contributed by atoms with Crippen molar-refractivity contribution in [2.24, 2.45) is 5.92 Å². The predicted molar refractivity (Wildman–Crippen MR) is 151 cm³/mol. The SMILES string of the molecule is CCCCCCCCOC1CCC(C(=O)Oc2ccc(C=CC(=O)OCc3cc(N)cc(N)c3)cc2)CC1. The largest absolute Gasteiger partial charge is 0.458 e. The molecular weight excluding hydrogens is 480 g/mol. The van der Waals surface area contributed by atoms with Gasteiger partial charge in [0.25, 0.3) is 0 Å². The molecule has 1 fully saturated rings. The van der Waals surface area contributed by atoms with Gasteiger partial charge in [0, 0.05) is 24.1 Å². The van der Waals surface area contributed by atoms with E-state index in [1.165, 1.54) is 38.2 Å². The number of carbonyl (C=O) groups excluding carboxylic acids is 2. The van der Waals surface area contributed by atoms with E-state index in [1.807, 2.05) is 0 Å². The first kappa shape index (κ1) is 29.2. The Kier molecular flexibility index (Phi) is 12.2. The summed E-state index contributed by atoms with van der Waals surface area (Å²) in [6.07, 6.45) is 14.2. The molecular formula is C31H42N2O5. The van der Waals surface area contributed by atoms with E-state index in [2.05, 4.69) is 6.92 Å². The van der Waals surface area contributed by atoms with Crippen LogP contribution in [0.3, 0.4) is 0 Å². The minimum Gasteiger partial charge on any atom is -0.458 e. The second kappa shape index (κ2) is 15.8. The van der Waals surface area contributed by atoms with Gasteiger partial charge < -0.3 is 25.7 Å². The third-order valence-electron chi connectivity index (χ3n) is 6.79. The lowest BCUT2D eigenvalue weighted by Gasteiger charge is -2.27. The van der Waals surface area contributed by atoms with E-state index >= 15 is 0 Å². The zero-order valence-electron chi connectivity index (χ0n) is 22.5. The van der Waals surface area contributed by atoms with Gasteiger partial charge in [-0.3, -0.25) is 4.79 Å². The molecule has 0 atom stereocenters. The third kappa shape index (κ3) is 10.6. The molecule has 0 heterocycles. The fourth-order valence-corrected chi connectivity index (χ4v) is 4.64. The van der Waals surface area contributed by atoms with Crippen molar-refractivity contribution in [1.29, 1.82) is 0 Å². The number of hydrogen-bond donors (Lipinski definition) is 2. The topological polar surface area (TPSA) is 114 Å². The van der Waals surface area contributed by atoms with Crippen LogP contribution in [0.25, 0.3) is 6.08 Å². The van der Waals surface area contributed by atoms with Crippen LogP contribution >= 0.6 is 0 Å². The zero-order chi connectivity index (χ0) is 27.2. The number of carbonyl (C=O) groups is 2. The van der Waals surface area contributed by atoms with Crippen molar-refractivity contribution < 1.29 is 23.8 Å². The van der Waals surface area contributed by atoms with Gasteiger partial charge in [-0.1, -0.05) is 51.2 Å². The summed E-state index contributed by atoms with van der Waals surface area (Å²) in [6, 6.07) is 12.1. The van der Waals surface area contributed by atoms with Crippen LogP contribution in [-0.4, -0.2) is 24.6 Å². The first-order valence-corrected chi connectivity index (χ1v) is 13.9. The van der Waals surface area contributed by atoms with Crippen LogP contribution in [0.4, 0.5) is 11.4 Å². The number of anilines is 2. The summed E-state index contributed by atoms with van der Waals surface area (Å²) >= 11 is 0. The number of nitrogen functional groups attached to an aromatic ring is 2. The van der Waals surface area contributed by atoms with Crippen molar-refractivity contribution in [2.45, 2.75) is 83.8 Å². The highest BCUT2D eigenvalue weighted by Gasteiger charge is 2.28. The zero-order valence-corrected chi connectivity index (χ0v) is 22.5. The fourth-order valence-electron chi connectivity index (χ4n) is 4.64. The Morgan fingerprint density at radius 3 is 2.24 bits per heavy atom. The molecule has 0 amide bonds. The Hall–Kier alpha value is -3.32. The summed E-state index contributed by atoms with van der Waals surface area (Å²) in [7, 11) is 0. The van der Waals surface area contributed by atoms with Crippen LogP contribution in [0.15, 0.2) is 48.5 Å². The molecule has 0 aliphatic heterocycles. The standard InChI is InChI=1S/C31H42N2O5/c1-2-3-4-5-6-7-18-36-28-15-11-25(12-16-28)31(35)38-29-13-8-23(9-14-29)10-17-30(34)37-22-24-19-26(32)21-27(33)20-24/h8-10,13-14,17,19-21,25,28H,2-7,11-12,15-16,18,22,32-33H2,1H3. The lowest BCUT2D eigenvalue weighted by molar-refractivity contribution is -0.141. The molecule has 0 spiro atoms. The van der Waals surface area contributed by atoms with Gasteiger partial charge in [0.2, 0.25) is 0 Å². The van der Waals surface area contributed by atoms with Crippen LogP contribution in [0.1, 0.15) is 82.3 Å². The van der Waals surface area contributed by atoms with E-state index in [0.717, 1.165) is 49.8 Å². The van der Waals surface area contributed by atoms with Crippen LogP contribution in [-0.2, 0) is 25.7 Å². The average Bonchev–Trinajstić information content (AvgIpc) is 2.91. The number of nitrogens with two attached hydrogens (primary N) is 2. The highest BCUT2D eigenvalue weighted by Crippen LogP contribution is 2.28. The summed E-state index contributed by atoms with van der Waals surface area (Å²) in [5, 5.41) is 0. The van der Waals surface area contributed by atoms with Crippen LogP contribution in [0.5, 0.6) is 5.75 Å². The summed E-state index contributed by atoms with van der Waals surface area (Å²) in [4.78, 5) is 24.7. The summed E-state index contributed by atoms with van der Waals surface area (Å²) in [6.45, 7) is 3.14. The molecule has 0 aromatic heterocycles. The van der Waals surface area contributed by atoms with Crippen molar-refractivity contribution in [3.05, 3.63) is 59.7 Å². The number of hydrogen-bond acceptors (Lipinski definition) is 7. The van der Waals surface area contributed by atoms with Crippen molar-refractivity contribution in [2.75, 3.05) is 18.1 Å². The number of benzene rings is 2. The molecule has 0 radical (unpaired) electrons. The molecule has 2 aromatic rings. The quantitative estimate of drug-likeness (QED) is 0.0963. The van der Waals surface area contributed by atoms with Gasteiger partial charge >= 0.3 is 11.9 Å². The maximum Gasteiger partial charge on any atom is 0.331 e. The molecule has 4 N–H and O–H groups in total. The monoisotopic (exact) mass is 522 g/mol. The van der Waals surface area contributed by atoms with E-state index < -0.39 is 5.97 Å². The van der Waals surface area contributed by atoms with Gasteiger partial charge in [0.15, 0.2) is 0 Å². The number of rotatable bonds is 14. The summed E-state index contributed by atoms with van der Waals surface area (Å²) in [5.74, 6) is -0.259. The van der Waals surface area contributed by atoms with Crippen LogP contribution in [0.2, 0.25) is 0 Å². The molecule has 1 aliphatic carbocycles. The van der Waals surface area contributed by atoms with Gasteiger partial charge in [-0.2, -0.15) is 0 Å². The van der Waals surface area contributed by atoms with Crippen LogP contribution in [0, 0.1) is 5.92 Å². The Morgan fingerprint density at radius 1 is 0.895 bits per heavy atom. The third-order valence-corrected chi connectivity index (χ3v) is 6.79. The fraction of sp³-hybridized carbons (Fsp3) is 0.484. The molecule has 3 rings (SSSR count). The first-order chi connectivity index (χ1) is 18.4. The summed E-state index contributed by atoms with van der Waals surface area (Å²) in [5.41, 5.74) is 14.1. The van der Waals surface area contributed by atoms with Gasteiger partial charge in [-0.15, -0.1) is 0 Å². The van der Waals surface area contributed by atoms with E-state index in [-0.39, 0.29) is 24.6 Å². The molecule has 0 saturated heterocycles. The minimum atomic E-state index is -0.479. The molecule has 206 valence electrons. The lowest BCUT2D eigenvalue weighted by atomic mass is 9.87. The van der Waals surface area contributed by atoms with E-state index in [9.17, 15) is 9.59 Å². The highest BCUT2D eigenvalue weighted by molar-refractivity contribution is 5.87. The van der Waals surface area contributed by atoms with Gasteiger partial charge in [-0.25, -0.2) is 4.79 Å². The number of esters is 2. The maximum absolute atomic E-state index is 12.6. The molecule has 1 saturated carbocycles. The molecule has 0 unspecified atom stereocenters. The van der Waals surface area contributed by atoms with Crippen molar-refractivity contribution in [3.8, 4) is 5.75 Å². The molecule has 1 aliphatic rings. The van der Waals surface area contributed by atoms with Gasteiger partial charge in [-0.05, 0) is 79.6 Å². The summed E-state index contributed by atoms with van der Waals surface area (Å²) < 4.78 is 16.9.